The van der Waals surface area contributed by atoms with Crippen LogP contribution in [-0.2, 0) is 0 Å². The zero-order valence-corrected chi connectivity index (χ0v) is 18.3. The van der Waals surface area contributed by atoms with Gasteiger partial charge in [-0.15, -0.1) is 0 Å². The van der Waals surface area contributed by atoms with E-state index in [4.69, 9.17) is 4.74 Å². The van der Waals surface area contributed by atoms with Crippen LogP contribution in [0.15, 0.2) is 30.3 Å². The van der Waals surface area contributed by atoms with Crippen molar-refractivity contribution in [2.24, 2.45) is 17.8 Å². The van der Waals surface area contributed by atoms with Gasteiger partial charge in [0.2, 0.25) is 0 Å². The Kier molecular flexibility index (Phi) is 6.77. The molecule has 2 fully saturated rings. The van der Waals surface area contributed by atoms with Crippen molar-refractivity contribution in [1.29, 1.82) is 0 Å². The highest BCUT2D eigenvalue weighted by Crippen LogP contribution is 2.48. The molecule has 4 rings (SSSR count). The average Bonchev–Trinajstić information content (AvgIpc) is 2.75. The van der Waals surface area contributed by atoms with Crippen molar-refractivity contribution in [2.75, 3.05) is 7.11 Å². The number of rotatable bonds is 7. The van der Waals surface area contributed by atoms with Crippen molar-refractivity contribution in [3.8, 4) is 5.75 Å². The first-order valence-electron chi connectivity index (χ1n) is 11.9. The molecule has 2 saturated carbocycles. The molecule has 29 heavy (non-hydrogen) atoms. The summed E-state index contributed by atoms with van der Waals surface area (Å²) in [7, 11) is 1.52. The summed E-state index contributed by atoms with van der Waals surface area (Å²) in [4.78, 5) is 0. The van der Waals surface area contributed by atoms with E-state index in [0.29, 0.717) is 11.7 Å². The quantitative estimate of drug-likeness (QED) is 0.428. The highest BCUT2D eigenvalue weighted by Gasteiger charge is 2.35. The van der Waals surface area contributed by atoms with Crippen LogP contribution in [0.1, 0.15) is 89.0 Å². The number of halogens is 1. The fraction of sp³-hybridized carbons (Fsp3) is 0.630. The Hall–Kier alpha value is -1.57. The summed E-state index contributed by atoms with van der Waals surface area (Å²) >= 11 is 0. The first-order chi connectivity index (χ1) is 14.2. The molecule has 158 valence electrons. The third-order valence-electron chi connectivity index (χ3n) is 7.79. The van der Waals surface area contributed by atoms with E-state index in [2.05, 4.69) is 25.1 Å². The second-order valence-corrected chi connectivity index (χ2v) is 9.65. The molecule has 0 N–H and O–H groups in total. The Morgan fingerprint density at radius 2 is 1.72 bits per heavy atom. The highest BCUT2D eigenvalue weighted by molar-refractivity contribution is 5.84. The Labute approximate surface area is 176 Å². The maximum Gasteiger partial charge on any atom is 0.165 e. The van der Waals surface area contributed by atoms with E-state index in [1.807, 2.05) is 6.07 Å². The summed E-state index contributed by atoms with van der Waals surface area (Å²) in [6.45, 7) is 2.30. The second-order valence-electron chi connectivity index (χ2n) is 9.65. The number of unbranched alkanes of at least 4 members (excludes halogenated alkanes) is 3. The Morgan fingerprint density at radius 3 is 2.55 bits per heavy atom. The maximum absolute atomic E-state index is 14.2. The minimum atomic E-state index is -0.266. The van der Waals surface area contributed by atoms with Crippen molar-refractivity contribution in [3.05, 3.63) is 41.7 Å². The fourth-order valence-electron chi connectivity index (χ4n) is 6.09. The molecule has 4 atom stereocenters. The molecule has 0 radical (unpaired) electrons. The van der Waals surface area contributed by atoms with Gasteiger partial charge in [0.05, 0.1) is 7.11 Å². The average molecular weight is 397 g/mol. The van der Waals surface area contributed by atoms with Crippen LogP contribution in [0.25, 0.3) is 10.8 Å². The van der Waals surface area contributed by atoms with E-state index in [9.17, 15) is 4.39 Å². The van der Waals surface area contributed by atoms with Crippen molar-refractivity contribution in [2.45, 2.75) is 83.5 Å². The molecule has 2 aliphatic rings. The molecule has 0 heterocycles. The van der Waals surface area contributed by atoms with Crippen LogP contribution in [0, 0.1) is 23.6 Å². The lowest BCUT2D eigenvalue weighted by atomic mass is 9.63. The monoisotopic (exact) mass is 396 g/mol. The molecule has 1 nitrogen and oxygen atoms in total. The van der Waals surface area contributed by atoms with Gasteiger partial charge in [0.25, 0.3) is 0 Å². The highest BCUT2D eigenvalue weighted by atomic mass is 19.1. The molecule has 0 saturated heterocycles. The minimum absolute atomic E-state index is 0.266. The van der Waals surface area contributed by atoms with Crippen LogP contribution < -0.4 is 4.74 Å². The van der Waals surface area contributed by atoms with Gasteiger partial charge in [-0.1, -0.05) is 63.6 Å². The summed E-state index contributed by atoms with van der Waals surface area (Å²) in [5, 5.41) is 2.06. The molecule has 2 aliphatic carbocycles. The van der Waals surface area contributed by atoms with Crippen molar-refractivity contribution >= 4 is 10.8 Å². The smallest absolute Gasteiger partial charge is 0.165 e. The lowest BCUT2D eigenvalue weighted by molar-refractivity contribution is 0.113. The lowest BCUT2D eigenvalue weighted by Gasteiger charge is -2.42. The lowest BCUT2D eigenvalue weighted by Crippen LogP contribution is -2.30. The Balaban J connectivity index is 1.38. The largest absolute Gasteiger partial charge is 0.494 e. The molecule has 2 aromatic rings. The molecule has 2 heteroatoms. The number of ether oxygens (including phenoxy) is 1. The molecule has 2 aromatic carbocycles. The summed E-state index contributed by atoms with van der Waals surface area (Å²) in [6, 6.07) is 10.1. The van der Waals surface area contributed by atoms with E-state index >= 15 is 0 Å². The predicted molar refractivity (Wildman–Crippen MR) is 120 cm³/mol. The number of methoxy groups -OCH3 is 1. The predicted octanol–water partition coefficient (Wildman–Crippen LogP) is 8.26. The third kappa shape index (κ3) is 4.78. The Morgan fingerprint density at radius 1 is 0.897 bits per heavy atom. The second kappa shape index (κ2) is 9.49. The van der Waals surface area contributed by atoms with Gasteiger partial charge in [-0.2, -0.15) is 0 Å². The van der Waals surface area contributed by atoms with E-state index in [0.717, 1.165) is 28.5 Å². The normalized spacial score (nSPS) is 27.0. The summed E-state index contributed by atoms with van der Waals surface area (Å²) in [6.07, 6.45) is 15.4. The Bertz CT molecular complexity index is 814. The molecule has 4 unspecified atom stereocenters. The van der Waals surface area contributed by atoms with Gasteiger partial charge >= 0.3 is 0 Å². The van der Waals surface area contributed by atoms with Crippen LogP contribution >= 0.6 is 0 Å². The van der Waals surface area contributed by atoms with Crippen LogP contribution in [0.2, 0.25) is 0 Å². The summed E-state index contributed by atoms with van der Waals surface area (Å²) in [5.41, 5.74) is 1.40. The van der Waals surface area contributed by atoms with E-state index in [1.54, 1.807) is 6.07 Å². The molecule has 0 amide bonds. The zero-order valence-electron chi connectivity index (χ0n) is 18.3. The van der Waals surface area contributed by atoms with E-state index in [-0.39, 0.29) is 5.82 Å². The van der Waals surface area contributed by atoms with Gasteiger partial charge in [-0.25, -0.2) is 4.39 Å². The summed E-state index contributed by atoms with van der Waals surface area (Å²) < 4.78 is 19.3. The zero-order chi connectivity index (χ0) is 20.2. The van der Waals surface area contributed by atoms with Gasteiger partial charge in [0.15, 0.2) is 11.6 Å². The SMILES string of the molecule is CCCCCCC1CCC2CC(c3ccc4cc(OC)c(F)cc4c3)CCC2C1. The van der Waals surface area contributed by atoms with Crippen molar-refractivity contribution in [3.63, 3.8) is 0 Å². The molecular formula is C27H37FO. The van der Waals surface area contributed by atoms with Crippen molar-refractivity contribution < 1.29 is 9.13 Å². The standard InChI is InChI=1S/C27H37FO/c1-3-4-5-6-7-19-8-9-21-15-22(11-10-20(21)14-19)23-12-13-24-18-27(29-2)26(28)17-25(24)16-23/h12-13,16-22H,3-11,14-15H2,1-2H3. The maximum atomic E-state index is 14.2. The van der Waals surface area contributed by atoms with Crippen LogP contribution in [-0.4, -0.2) is 7.11 Å². The van der Waals surface area contributed by atoms with Crippen LogP contribution in [0.4, 0.5) is 4.39 Å². The molecule has 0 aliphatic heterocycles. The van der Waals surface area contributed by atoms with Gasteiger partial charge in [-0.3, -0.25) is 0 Å². The van der Waals surface area contributed by atoms with Crippen LogP contribution in [0.5, 0.6) is 5.75 Å². The van der Waals surface area contributed by atoms with Gasteiger partial charge in [0.1, 0.15) is 0 Å². The van der Waals surface area contributed by atoms with Gasteiger partial charge in [0, 0.05) is 0 Å². The van der Waals surface area contributed by atoms with E-state index in [1.165, 1.54) is 83.3 Å². The minimum Gasteiger partial charge on any atom is -0.494 e. The number of benzene rings is 2. The molecule has 0 aromatic heterocycles. The van der Waals surface area contributed by atoms with Gasteiger partial charge in [-0.05, 0) is 84.2 Å². The third-order valence-corrected chi connectivity index (χ3v) is 7.79. The molecule has 0 spiro atoms. The topological polar surface area (TPSA) is 9.23 Å². The first-order valence-corrected chi connectivity index (χ1v) is 11.9. The molecule has 0 bridgehead atoms. The molecular weight excluding hydrogens is 359 g/mol. The van der Waals surface area contributed by atoms with Crippen molar-refractivity contribution in [1.82, 2.24) is 0 Å². The van der Waals surface area contributed by atoms with Gasteiger partial charge < -0.3 is 4.74 Å². The van der Waals surface area contributed by atoms with Crippen LogP contribution in [0.3, 0.4) is 0 Å². The number of hydrogen-bond acceptors (Lipinski definition) is 1. The summed E-state index contributed by atoms with van der Waals surface area (Å²) in [5.74, 6) is 3.56. The van der Waals surface area contributed by atoms with E-state index < -0.39 is 0 Å². The fourth-order valence-corrected chi connectivity index (χ4v) is 6.09. The number of fused-ring (bicyclic) bond motifs is 2. The first kappa shape index (κ1) is 20.7. The number of hydrogen-bond donors (Lipinski definition) is 0.